The molecule has 1 amide bonds. The maximum atomic E-state index is 12.4. The number of carbonyl (C=O) groups excluding carboxylic acids is 1. The highest BCUT2D eigenvalue weighted by molar-refractivity contribution is 6.03. The van der Waals surface area contributed by atoms with Crippen LogP contribution in [0.15, 0.2) is 61.2 Å². The van der Waals surface area contributed by atoms with Crippen molar-refractivity contribution in [2.45, 2.75) is 0 Å². The second-order valence-corrected chi connectivity index (χ2v) is 5.28. The monoisotopic (exact) mass is 331 g/mol. The van der Waals surface area contributed by atoms with Crippen molar-refractivity contribution >= 4 is 11.6 Å². The van der Waals surface area contributed by atoms with Gasteiger partial charge in [-0.25, -0.2) is 4.98 Å². The SMILES string of the molecule is O=C(Nc1cccc(-c2ncn[nH]2)c1)c1cc(-c2cccnc2)n[nH]1. The molecular weight excluding hydrogens is 318 g/mol. The number of anilines is 1. The molecular formula is C17H13N7O. The third-order valence-corrected chi connectivity index (χ3v) is 3.59. The Morgan fingerprint density at radius 1 is 1.04 bits per heavy atom. The molecule has 0 atom stereocenters. The van der Waals surface area contributed by atoms with Gasteiger partial charge in [0.25, 0.3) is 5.91 Å². The Bertz CT molecular complexity index is 993. The van der Waals surface area contributed by atoms with E-state index >= 15 is 0 Å². The molecule has 0 unspecified atom stereocenters. The van der Waals surface area contributed by atoms with Gasteiger partial charge in [-0.15, -0.1) is 0 Å². The topological polar surface area (TPSA) is 112 Å². The summed E-state index contributed by atoms with van der Waals surface area (Å²) in [6.07, 6.45) is 4.81. The summed E-state index contributed by atoms with van der Waals surface area (Å²) in [7, 11) is 0. The summed E-state index contributed by atoms with van der Waals surface area (Å²) in [5.74, 6) is 0.355. The number of benzene rings is 1. The number of hydrogen-bond acceptors (Lipinski definition) is 5. The maximum absolute atomic E-state index is 12.4. The molecule has 25 heavy (non-hydrogen) atoms. The lowest BCUT2D eigenvalue weighted by molar-refractivity contribution is 0.102. The predicted octanol–water partition coefficient (Wildman–Crippen LogP) is 2.51. The molecule has 0 aliphatic carbocycles. The first-order valence-corrected chi connectivity index (χ1v) is 7.52. The predicted molar refractivity (Wildman–Crippen MR) is 91.6 cm³/mol. The van der Waals surface area contributed by atoms with Crippen LogP contribution in [0, 0.1) is 0 Å². The van der Waals surface area contributed by atoms with Gasteiger partial charge >= 0.3 is 0 Å². The summed E-state index contributed by atoms with van der Waals surface area (Å²) in [5, 5.41) is 16.4. The summed E-state index contributed by atoms with van der Waals surface area (Å²) in [4.78, 5) is 20.6. The van der Waals surface area contributed by atoms with Crippen molar-refractivity contribution in [1.82, 2.24) is 30.4 Å². The molecule has 8 nitrogen and oxygen atoms in total. The first-order valence-electron chi connectivity index (χ1n) is 7.52. The standard InChI is InChI=1S/C17H13N7O/c25-17(15-8-14(22-23-15)12-4-2-6-18-9-12)21-13-5-1-3-11(7-13)16-19-10-20-24-16/h1-10H,(H,21,25)(H,22,23)(H,19,20,24). The van der Waals surface area contributed by atoms with E-state index in [0.717, 1.165) is 11.1 Å². The highest BCUT2D eigenvalue weighted by atomic mass is 16.1. The first-order chi connectivity index (χ1) is 12.3. The maximum Gasteiger partial charge on any atom is 0.273 e. The van der Waals surface area contributed by atoms with Gasteiger partial charge < -0.3 is 5.32 Å². The van der Waals surface area contributed by atoms with Gasteiger partial charge in [0.2, 0.25) is 0 Å². The van der Waals surface area contributed by atoms with Crippen molar-refractivity contribution in [3.05, 3.63) is 66.9 Å². The lowest BCUT2D eigenvalue weighted by atomic mass is 10.2. The van der Waals surface area contributed by atoms with E-state index in [2.05, 4.69) is 35.7 Å². The van der Waals surface area contributed by atoms with Gasteiger partial charge in [0, 0.05) is 29.2 Å². The summed E-state index contributed by atoms with van der Waals surface area (Å²) in [6, 6.07) is 12.7. The third-order valence-electron chi connectivity index (χ3n) is 3.59. The minimum absolute atomic E-state index is 0.280. The molecule has 0 saturated carbocycles. The molecule has 1 aromatic carbocycles. The van der Waals surface area contributed by atoms with Gasteiger partial charge in [0.05, 0.1) is 5.69 Å². The number of nitrogens with zero attached hydrogens (tertiary/aromatic N) is 4. The molecule has 0 radical (unpaired) electrons. The minimum atomic E-state index is -0.280. The van der Waals surface area contributed by atoms with Crippen LogP contribution >= 0.6 is 0 Å². The molecule has 3 aromatic heterocycles. The average molecular weight is 331 g/mol. The minimum Gasteiger partial charge on any atom is -0.321 e. The molecule has 0 fully saturated rings. The number of aromatic amines is 2. The number of aromatic nitrogens is 6. The third kappa shape index (κ3) is 3.13. The van der Waals surface area contributed by atoms with E-state index in [1.807, 2.05) is 30.3 Å². The van der Waals surface area contributed by atoms with E-state index in [0.29, 0.717) is 22.9 Å². The van der Waals surface area contributed by atoms with Gasteiger partial charge in [0.1, 0.15) is 12.0 Å². The van der Waals surface area contributed by atoms with Crippen LogP contribution in [0.1, 0.15) is 10.5 Å². The van der Waals surface area contributed by atoms with Gasteiger partial charge in [-0.3, -0.25) is 20.0 Å². The number of H-pyrrole nitrogens is 2. The molecule has 4 rings (SSSR count). The lowest BCUT2D eigenvalue weighted by Crippen LogP contribution is -2.12. The van der Waals surface area contributed by atoms with Crippen LogP contribution < -0.4 is 5.32 Å². The second kappa shape index (κ2) is 6.36. The molecule has 4 aromatic rings. The zero-order valence-corrected chi connectivity index (χ0v) is 13.0. The number of amides is 1. The van der Waals surface area contributed by atoms with Gasteiger partial charge in [-0.2, -0.15) is 10.2 Å². The van der Waals surface area contributed by atoms with E-state index in [4.69, 9.17) is 0 Å². The van der Waals surface area contributed by atoms with Crippen LogP contribution in [-0.2, 0) is 0 Å². The van der Waals surface area contributed by atoms with Crippen molar-refractivity contribution in [3.63, 3.8) is 0 Å². The quantitative estimate of drug-likeness (QED) is 0.532. The summed E-state index contributed by atoms with van der Waals surface area (Å²) >= 11 is 0. The molecule has 122 valence electrons. The van der Waals surface area contributed by atoms with E-state index in [1.165, 1.54) is 6.33 Å². The van der Waals surface area contributed by atoms with Gasteiger partial charge in [-0.1, -0.05) is 12.1 Å². The van der Waals surface area contributed by atoms with Crippen molar-refractivity contribution in [1.29, 1.82) is 0 Å². The first kappa shape index (κ1) is 14.8. The Morgan fingerprint density at radius 3 is 2.76 bits per heavy atom. The Hall–Kier alpha value is -3.81. The Morgan fingerprint density at radius 2 is 1.96 bits per heavy atom. The summed E-state index contributed by atoms with van der Waals surface area (Å²) in [6.45, 7) is 0. The van der Waals surface area contributed by atoms with E-state index in [1.54, 1.807) is 24.5 Å². The fraction of sp³-hybridized carbons (Fsp3) is 0. The van der Waals surface area contributed by atoms with Crippen LogP contribution in [0.3, 0.4) is 0 Å². The number of rotatable bonds is 4. The molecule has 3 heterocycles. The lowest BCUT2D eigenvalue weighted by Gasteiger charge is -2.05. The number of pyridine rings is 1. The highest BCUT2D eigenvalue weighted by Gasteiger charge is 2.12. The van der Waals surface area contributed by atoms with Crippen molar-refractivity contribution in [3.8, 4) is 22.6 Å². The van der Waals surface area contributed by atoms with Crippen molar-refractivity contribution in [2.24, 2.45) is 0 Å². The molecule has 3 N–H and O–H groups in total. The fourth-order valence-corrected chi connectivity index (χ4v) is 2.39. The van der Waals surface area contributed by atoms with Crippen LogP contribution in [0.4, 0.5) is 5.69 Å². The molecule has 8 heteroatoms. The van der Waals surface area contributed by atoms with Gasteiger partial charge in [-0.05, 0) is 30.3 Å². The molecule has 0 aliphatic heterocycles. The van der Waals surface area contributed by atoms with E-state index in [9.17, 15) is 4.79 Å². The Balaban J connectivity index is 1.53. The smallest absolute Gasteiger partial charge is 0.273 e. The molecule has 0 saturated heterocycles. The van der Waals surface area contributed by atoms with Crippen molar-refractivity contribution < 1.29 is 4.79 Å². The summed E-state index contributed by atoms with van der Waals surface area (Å²) in [5.41, 5.74) is 3.34. The Labute approximate surface area is 142 Å². The molecule has 0 aliphatic rings. The number of nitrogens with one attached hydrogen (secondary N) is 3. The zero-order valence-electron chi connectivity index (χ0n) is 13.0. The number of hydrogen-bond donors (Lipinski definition) is 3. The fourth-order valence-electron chi connectivity index (χ4n) is 2.39. The molecule has 0 bridgehead atoms. The van der Waals surface area contributed by atoms with E-state index < -0.39 is 0 Å². The van der Waals surface area contributed by atoms with E-state index in [-0.39, 0.29) is 5.91 Å². The van der Waals surface area contributed by atoms with Crippen LogP contribution in [0.2, 0.25) is 0 Å². The largest absolute Gasteiger partial charge is 0.321 e. The number of carbonyl (C=O) groups is 1. The highest BCUT2D eigenvalue weighted by Crippen LogP contribution is 2.20. The normalized spacial score (nSPS) is 10.6. The zero-order chi connectivity index (χ0) is 17.1. The van der Waals surface area contributed by atoms with Crippen molar-refractivity contribution in [2.75, 3.05) is 5.32 Å². The summed E-state index contributed by atoms with van der Waals surface area (Å²) < 4.78 is 0. The Kier molecular flexibility index (Phi) is 3.76. The van der Waals surface area contributed by atoms with Gasteiger partial charge in [0.15, 0.2) is 5.82 Å². The van der Waals surface area contributed by atoms with Crippen LogP contribution in [-0.4, -0.2) is 36.3 Å². The second-order valence-electron chi connectivity index (χ2n) is 5.28. The molecule has 0 spiro atoms. The van der Waals surface area contributed by atoms with Crippen LogP contribution in [0.25, 0.3) is 22.6 Å². The average Bonchev–Trinajstić information content (AvgIpc) is 3.35. The van der Waals surface area contributed by atoms with Crippen LogP contribution in [0.5, 0.6) is 0 Å².